The van der Waals surface area contributed by atoms with Gasteiger partial charge in [0.1, 0.15) is 11.6 Å². The molecule has 33 heavy (non-hydrogen) atoms. The third-order valence-corrected chi connectivity index (χ3v) is 5.70. The van der Waals surface area contributed by atoms with Crippen LogP contribution in [0.25, 0.3) is 10.2 Å². The van der Waals surface area contributed by atoms with Crippen molar-refractivity contribution in [3.63, 3.8) is 0 Å². The Morgan fingerprint density at radius 3 is 2.36 bits per heavy atom. The van der Waals surface area contributed by atoms with E-state index in [2.05, 4.69) is 10.1 Å². The molecule has 0 radical (unpaired) electrons. The van der Waals surface area contributed by atoms with Gasteiger partial charge in [0, 0.05) is 5.56 Å². The van der Waals surface area contributed by atoms with Gasteiger partial charge in [0.05, 0.1) is 36.2 Å². The lowest BCUT2D eigenvalue weighted by Gasteiger charge is -2.14. The molecular weight excluding hydrogens is 445 g/mol. The van der Waals surface area contributed by atoms with Crippen LogP contribution in [0.1, 0.15) is 26.3 Å². The van der Waals surface area contributed by atoms with Gasteiger partial charge in [-0.15, -0.1) is 0 Å². The van der Waals surface area contributed by atoms with E-state index in [1.165, 1.54) is 49.7 Å². The predicted molar refractivity (Wildman–Crippen MR) is 125 cm³/mol. The van der Waals surface area contributed by atoms with Crippen LogP contribution < -0.4 is 9.75 Å². The quantitative estimate of drug-likeness (QED) is 0.231. The van der Waals surface area contributed by atoms with Crippen molar-refractivity contribution in [2.75, 3.05) is 19.2 Å². The van der Waals surface area contributed by atoms with E-state index in [-0.39, 0.29) is 5.13 Å². The van der Waals surface area contributed by atoms with Gasteiger partial charge in [-0.25, -0.2) is 14.2 Å². The van der Waals surface area contributed by atoms with Crippen molar-refractivity contribution in [1.82, 2.24) is 4.98 Å². The molecule has 0 spiro atoms. The summed E-state index contributed by atoms with van der Waals surface area (Å²) in [7, 11) is 2.86. The molecule has 4 aromatic rings. The fourth-order valence-corrected chi connectivity index (χ4v) is 3.92. The number of benzene rings is 3. The number of carbonyl (C=O) groups is 2. The number of nitrogens with zero attached hydrogens (tertiary/aromatic N) is 3. The number of hydrazone groups is 1. The van der Waals surface area contributed by atoms with Crippen LogP contribution >= 0.6 is 11.3 Å². The summed E-state index contributed by atoms with van der Waals surface area (Å²) < 4.78 is 24.1. The van der Waals surface area contributed by atoms with Gasteiger partial charge in [-0.2, -0.15) is 10.1 Å². The van der Waals surface area contributed by atoms with E-state index in [1.807, 2.05) is 0 Å². The Balaban J connectivity index is 1.71. The lowest BCUT2D eigenvalue weighted by molar-refractivity contribution is 0.0600. The molecule has 166 valence electrons. The number of halogens is 1. The Morgan fingerprint density at radius 2 is 1.70 bits per heavy atom. The standard InChI is InChI=1S/C24H18FN3O4S/c1-31-19-10-3-15(4-11-19)14-26-28(24-27-20-12-9-18(25)13-21(20)33-24)22(29)16-5-7-17(8-6-16)23(30)32-2/h3-14H,1-2H3/b26-14-. The minimum absolute atomic E-state index is 0.280. The second kappa shape index (κ2) is 9.58. The molecule has 9 heteroatoms. The highest BCUT2D eigenvalue weighted by Gasteiger charge is 2.21. The van der Waals surface area contributed by atoms with Crippen LogP contribution in [0.4, 0.5) is 9.52 Å². The molecule has 0 unspecified atom stereocenters. The minimum Gasteiger partial charge on any atom is -0.497 e. The lowest BCUT2D eigenvalue weighted by atomic mass is 10.1. The van der Waals surface area contributed by atoms with E-state index in [9.17, 15) is 14.0 Å². The fourth-order valence-electron chi connectivity index (χ4n) is 2.97. The van der Waals surface area contributed by atoms with Crippen molar-refractivity contribution in [3.8, 4) is 5.75 Å². The number of carbonyl (C=O) groups excluding carboxylic acids is 2. The van der Waals surface area contributed by atoms with E-state index >= 15 is 0 Å². The molecule has 1 heterocycles. The molecular formula is C24H18FN3O4S. The molecule has 1 amide bonds. The highest BCUT2D eigenvalue weighted by molar-refractivity contribution is 7.22. The summed E-state index contributed by atoms with van der Waals surface area (Å²) in [5.41, 5.74) is 1.90. The van der Waals surface area contributed by atoms with Crippen molar-refractivity contribution >= 4 is 44.8 Å². The van der Waals surface area contributed by atoms with Crippen molar-refractivity contribution in [2.24, 2.45) is 5.10 Å². The first-order valence-electron chi connectivity index (χ1n) is 9.75. The summed E-state index contributed by atoms with van der Waals surface area (Å²) in [6.45, 7) is 0. The van der Waals surface area contributed by atoms with Crippen LogP contribution in [-0.4, -0.2) is 37.3 Å². The van der Waals surface area contributed by atoms with Crippen LogP contribution in [0.5, 0.6) is 5.75 Å². The number of fused-ring (bicyclic) bond motifs is 1. The third-order valence-electron chi connectivity index (χ3n) is 4.70. The Labute approximate surface area is 192 Å². The van der Waals surface area contributed by atoms with E-state index in [0.717, 1.165) is 21.9 Å². The Kier molecular flexibility index (Phi) is 6.41. The van der Waals surface area contributed by atoms with Crippen LogP contribution in [0, 0.1) is 5.82 Å². The average molecular weight is 463 g/mol. The summed E-state index contributed by atoms with van der Waals surface area (Å²) in [6, 6.07) is 17.4. The number of aromatic nitrogens is 1. The van der Waals surface area contributed by atoms with Crippen molar-refractivity contribution < 1.29 is 23.5 Å². The molecule has 0 aliphatic carbocycles. The number of esters is 1. The number of methoxy groups -OCH3 is 2. The number of amides is 1. The molecule has 3 aromatic carbocycles. The van der Waals surface area contributed by atoms with Crippen LogP contribution in [0.15, 0.2) is 71.8 Å². The highest BCUT2D eigenvalue weighted by atomic mass is 32.1. The zero-order valence-corrected chi connectivity index (χ0v) is 18.5. The van der Waals surface area contributed by atoms with Gasteiger partial charge in [0.2, 0.25) is 5.13 Å². The first kappa shape index (κ1) is 22.1. The first-order chi connectivity index (χ1) is 16.0. The number of hydrogen-bond donors (Lipinski definition) is 0. The predicted octanol–water partition coefficient (Wildman–Crippen LogP) is 4.91. The molecule has 1 aromatic heterocycles. The van der Waals surface area contributed by atoms with Crippen molar-refractivity contribution in [2.45, 2.75) is 0 Å². The molecule has 0 bridgehead atoms. The third kappa shape index (κ3) is 4.88. The topological polar surface area (TPSA) is 81.1 Å². The lowest BCUT2D eigenvalue weighted by Crippen LogP contribution is -2.25. The summed E-state index contributed by atoms with van der Waals surface area (Å²) in [4.78, 5) is 29.5. The van der Waals surface area contributed by atoms with E-state index in [1.54, 1.807) is 37.4 Å². The maximum absolute atomic E-state index is 13.7. The maximum atomic E-state index is 13.7. The first-order valence-corrected chi connectivity index (χ1v) is 10.6. The van der Waals surface area contributed by atoms with Crippen LogP contribution in [0.2, 0.25) is 0 Å². The zero-order valence-electron chi connectivity index (χ0n) is 17.7. The van der Waals surface area contributed by atoms with Gasteiger partial charge < -0.3 is 9.47 Å². The fraction of sp³-hybridized carbons (Fsp3) is 0.0833. The largest absolute Gasteiger partial charge is 0.497 e. The average Bonchev–Trinajstić information content (AvgIpc) is 3.26. The minimum atomic E-state index is -0.503. The summed E-state index contributed by atoms with van der Waals surface area (Å²) in [5, 5.41) is 5.80. The molecule has 0 saturated heterocycles. The maximum Gasteiger partial charge on any atom is 0.337 e. The highest BCUT2D eigenvalue weighted by Crippen LogP contribution is 2.30. The molecule has 0 aliphatic heterocycles. The molecule has 0 saturated carbocycles. The number of ether oxygens (including phenoxy) is 2. The normalized spacial score (nSPS) is 11.0. The Bertz CT molecular complexity index is 1330. The van der Waals surface area contributed by atoms with Gasteiger partial charge in [0.25, 0.3) is 5.91 Å². The number of anilines is 1. The zero-order chi connectivity index (χ0) is 23.4. The van der Waals surface area contributed by atoms with Gasteiger partial charge in [0.15, 0.2) is 0 Å². The summed E-state index contributed by atoms with van der Waals surface area (Å²) in [5.74, 6) is -0.665. The van der Waals surface area contributed by atoms with Gasteiger partial charge in [-0.05, 0) is 72.3 Å². The SMILES string of the molecule is COC(=O)c1ccc(C(=O)N(/N=C\c2ccc(OC)cc2)c2nc3ccc(F)cc3s2)cc1. The summed E-state index contributed by atoms with van der Waals surface area (Å²) >= 11 is 1.14. The molecule has 0 fully saturated rings. The van der Waals surface area contributed by atoms with Crippen LogP contribution in [0.3, 0.4) is 0 Å². The van der Waals surface area contributed by atoms with Gasteiger partial charge in [-0.3, -0.25) is 4.79 Å². The molecule has 4 rings (SSSR count). The second-order valence-corrected chi connectivity index (χ2v) is 7.82. The van der Waals surface area contributed by atoms with Crippen molar-refractivity contribution in [1.29, 1.82) is 0 Å². The molecule has 0 N–H and O–H groups in total. The number of hydrogen-bond acceptors (Lipinski definition) is 7. The number of thiazole rings is 1. The monoisotopic (exact) mass is 463 g/mol. The van der Waals surface area contributed by atoms with Crippen molar-refractivity contribution in [3.05, 3.63) is 89.2 Å². The van der Waals surface area contributed by atoms with Gasteiger partial charge in [-0.1, -0.05) is 11.3 Å². The second-order valence-electron chi connectivity index (χ2n) is 6.81. The van der Waals surface area contributed by atoms with E-state index in [4.69, 9.17) is 9.47 Å². The van der Waals surface area contributed by atoms with Gasteiger partial charge >= 0.3 is 5.97 Å². The molecule has 0 atom stereocenters. The van der Waals surface area contributed by atoms with E-state index in [0.29, 0.717) is 27.1 Å². The summed E-state index contributed by atoms with van der Waals surface area (Å²) in [6.07, 6.45) is 1.52. The Hall–Kier alpha value is -4.11. The van der Waals surface area contributed by atoms with E-state index < -0.39 is 17.7 Å². The van der Waals surface area contributed by atoms with Crippen LogP contribution in [-0.2, 0) is 4.74 Å². The molecule has 7 nitrogen and oxygen atoms in total. The number of rotatable bonds is 6. The molecule has 0 aliphatic rings. The smallest absolute Gasteiger partial charge is 0.337 e. The Morgan fingerprint density at radius 1 is 1.00 bits per heavy atom.